The molecular formula is C27H32N4O3S. The minimum atomic E-state index is -3.78. The van der Waals surface area contributed by atoms with E-state index in [1.807, 2.05) is 37.4 Å². The van der Waals surface area contributed by atoms with Gasteiger partial charge in [-0.1, -0.05) is 30.3 Å². The van der Waals surface area contributed by atoms with Crippen molar-refractivity contribution in [3.8, 4) is 0 Å². The Hall–Kier alpha value is -3.23. The number of pyridine rings is 1. The van der Waals surface area contributed by atoms with Crippen LogP contribution in [0.15, 0.2) is 71.9 Å². The van der Waals surface area contributed by atoms with Gasteiger partial charge in [0.1, 0.15) is 0 Å². The molecule has 0 saturated heterocycles. The Morgan fingerprint density at radius 3 is 2.37 bits per heavy atom. The van der Waals surface area contributed by atoms with Crippen molar-refractivity contribution in [2.24, 2.45) is 0 Å². The number of carbonyl (C=O) groups is 1. The van der Waals surface area contributed by atoms with Crippen LogP contribution in [-0.4, -0.2) is 37.4 Å². The third kappa shape index (κ3) is 6.46. The molecule has 2 aromatic carbocycles. The SMILES string of the molecule is CC(C)NS(=O)(=O)c1cc(NC(C)Cc2cccnc2)cc(C(=O)NC2Cc3ccccc3C2)c1. The first-order valence-corrected chi connectivity index (χ1v) is 13.4. The second kappa shape index (κ2) is 10.6. The summed E-state index contributed by atoms with van der Waals surface area (Å²) in [6.45, 7) is 5.54. The normalized spacial score (nSPS) is 14.5. The van der Waals surface area contributed by atoms with Crippen molar-refractivity contribution >= 4 is 21.6 Å². The Balaban J connectivity index is 1.56. The van der Waals surface area contributed by atoms with E-state index in [2.05, 4.69) is 32.5 Å². The molecule has 0 saturated carbocycles. The topological polar surface area (TPSA) is 100 Å². The molecule has 3 aromatic rings. The van der Waals surface area contributed by atoms with Crippen LogP contribution in [0.2, 0.25) is 0 Å². The summed E-state index contributed by atoms with van der Waals surface area (Å²) in [5, 5.41) is 6.45. The minimum absolute atomic E-state index is 0.00421. The van der Waals surface area contributed by atoms with Crippen molar-refractivity contribution in [2.75, 3.05) is 5.32 Å². The fourth-order valence-electron chi connectivity index (χ4n) is 4.48. The second-order valence-corrected chi connectivity index (χ2v) is 11.2. The van der Waals surface area contributed by atoms with E-state index in [1.54, 1.807) is 32.2 Å². The molecular weight excluding hydrogens is 460 g/mol. The van der Waals surface area contributed by atoms with Crippen LogP contribution in [0.25, 0.3) is 0 Å². The first-order valence-electron chi connectivity index (χ1n) is 11.9. The molecule has 35 heavy (non-hydrogen) atoms. The average Bonchev–Trinajstić information content (AvgIpc) is 3.21. The zero-order valence-electron chi connectivity index (χ0n) is 20.3. The maximum Gasteiger partial charge on any atom is 0.251 e. The number of hydrogen-bond acceptors (Lipinski definition) is 5. The highest BCUT2D eigenvalue weighted by molar-refractivity contribution is 7.89. The number of nitrogens with zero attached hydrogens (tertiary/aromatic N) is 1. The second-order valence-electron chi connectivity index (χ2n) is 9.48. The summed E-state index contributed by atoms with van der Waals surface area (Å²) >= 11 is 0. The van der Waals surface area contributed by atoms with E-state index in [-0.39, 0.29) is 28.9 Å². The molecule has 0 spiro atoms. The van der Waals surface area contributed by atoms with Crippen molar-refractivity contribution in [1.29, 1.82) is 0 Å². The highest BCUT2D eigenvalue weighted by Gasteiger charge is 2.25. The predicted molar refractivity (Wildman–Crippen MR) is 138 cm³/mol. The maximum atomic E-state index is 13.2. The average molecular weight is 493 g/mol. The van der Waals surface area contributed by atoms with Crippen molar-refractivity contribution in [3.63, 3.8) is 0 Å². The summed E-state index contributed by atoms with van der Waals surface area (Å²) in [7, 11) is -3.78. The van der Waals surface area contributed by atoms with E-state index in [9.17, 15) is 13.2 Å². The van der Waals surface area contributed by atoms with Gasteiger partial charge in [-0.25, -0.2) is 13.1 Å². The van der Waals surface area contributed by atoms with Crippen LogP contribution < -0.4 is 15.4 Å². The standard InChI is InChI=1S/C27H32N4O3S/c1-18(2)31-35(33,34)26-15-23(27(32)30-24-12-21-8-4-5-9-22(21)13-24)14-25(16-26)29-19(3)11-20-7-6-10-28-17-20/h4-10,14-19,24,29,31H,11-13H2,1-3H3,(H,30,32). The van der Waals surface area contributed by atoms with Crippen LogP contribution in [0.1, 0.15) is 47.8 Å². The quantitative estimate of drug-likeness (QED) is 0.423. The fraction of sp³-hybridized carbons (Fsp3) is 0.333. The van der Waals surface area contributed by atoms with Crippen molar-refractivity contribution in [2.45, 2.75) is 63.1 Å². The molecule has 184 valence electrons. The summed E-state index contributed by atoms with van der Waals surface area (Å²) in [5.41, 5.74) is 4.43. The molecule has 4 rings (SSSR count). The molecule has 3 N–H and O–H groups in total. The molecule has 7 nitrogen and oxygen atoms in total. The summed E-state index contributed by atoms with van der Waals surface area (Å²) < 4.78 is 28.5. The number of fused-ring (bicyclic) bond motifs is 1. The van der Waals surface area contributed by atoms with Crippen LogP contribution in [0.4, 0.5) is 5.69 Å². The third-order valence-electron chi connectivity index (χ3n) is 5.93. The summed E-state index contributed by atoms with van der Waals surface area (Å²) in [6, 6.07) is 16.5. The zero-order valence-corrected chi connectivity index (χ0v) is 21.1. The van der Waals surface area contributed by atoms with Crippen LogP contribution in [0, 0.1) is 0 Å². The van der Waals surface area contributed by atoms with E-state index in [4.69, 9.17) is 0 Å². The van der Waals surface area contributed by atoms with E-state index in [1.165, 1.54) is 17.2 Å². The molecule has 0 radical (unpaired) electrons. The van der Waals surface area contributed by atoms with Gasteiger partial charge in [-0.05, 0) is 81.0 Å². The Labute approximate surface area is 207 Å². The van der Waals surface area contributed by atoms with Gasteiger partial charge in [0.05, 0.1) is 4.90 Å². The van der Waals surface area contributed by atoms with Gasteiger partial charge in [0, 0.05) is 41.8 Å². The molecule has 0 fully saturated rings. The van der Waals surface area contributed by atoms with E-state index >= 15 is 0 Å². The summed E-state index contributed by atoms with van der Waals surface area (Å²) in [5.74, 6) is -0.285. The Bertz CT molecular complexity index is 1270. The van der Waals surface area contributed by atoms with Crippen LogP contribution in [0.3, 0.4) is 0 Å². The molecule has 8 heteroatoms. The van der Waals surface area contributed by atoms with Crippen molar-refractivity contribution in [3.05, 3.63) is 89.2 Å². The predicted octanol–water partition coefficient (Wildman–Crippen LogP) is 3.71. The van der Waals surface area contributed by atoms with E-state index in [0.29, 0.717) is 17.7 Å². The lowest BCUT2D eigenvalue weighted by molar-refractivity contribution is 0.0938. The minimum Gasteiger partial charge on any atom is -0.382 e. The van der Waals surface area contributed by atoms with E-state index in [0.717, 1.165) is 18.4 Å². The number of nitrogens with one attached hydrogen (secondary N) is 3. The highest BCUT2D eigenvalue weighted by Crippen LogP contribution is 2.24. The molecule has 0 bridgehead atoms. The molecule has 1 heterocycles. The molecule has 0 aliphatic heterocycles. The van der Waals surface area contributed by atoms with Crippen molar-refractivity contribution in [1.82, 2.24) is 15.0 Å². The van der Waals surface area contributed by atoms with Crippen LogP contribution in [0.5, 0.6) is 0 Å². The Morgan fingerprint density at radius 2 is 1.74 bits per heavy atom. The van der Waals surface area contributed by atoms with Gasteiger partial charge in [-0.3, -0.25) is 9.78 Å². The number of hydrogen-bond donors (Lipinski definition) is 3. The monoisotopic (exact) mass is 492 g/mol. The Morgan fingerprint density at radius 1 is 1.03 bits per heavy atom. The number of benzene rings is 2. The van der Waals surface area contributed by atoms with Gasteiger partial charge in [-0.15, -0.1) is 0 Å². The van der Waals surface area contributed by atoms with Gasteiger partial charge in [-0.2, -0.15) is 0 Å². The molecule has 1 aliphatic rings. The molecule has 1 aromatic heterocycles. The third-order valence-corrected chi connectivity index (χ3v) is 7.57. The molecule has 1 amide bonds. The zero-order chi connectivity index (χ0) is 25.0. The number of anilines is 1. The molecule has 1 unspecified atom stereocenters. The lowest BCUT2D eigenvalue weighted by atomic mass is 10.1. The fourth-order valence-corrected chi connectivity index (χ4v) is 5.81. The lowest BCUT2D eigenvalue weighted by Crippen LogP contribution is -2.35. The number of amides is 1. The van der Waals surface area contributed by atoms with Gasteiger partial charge in [0.2, 0.25) is 10.0 Å². The summed E-state index contributed by atoms with van der Waals surface area (Å²) in [6.07, 6.45) is 5.77. The maximum absolute atomic E-state index is 13.2. The number of aromatic nitrogens is 1. The number of carbonyl (C=O) groups excluding carboxylic acids is 1. The van der Waals surface area contributed by atoms with Gasteiger partial charge in [0.25, 0.3) is 5.91 Å². The van der Waals surface area contributed by atoms with E-state index < -0.39 is 10.0 Å². The summed E-state index contributed by atoms with van der Waals surface area (Å²) in [4.78, 5) is 17.4. The van der Waals surface area contributed by atoms with Gasteiger partial charge < -0.3 is 10.6 Å². The number of sulfonamides is 1. The number of rotatable bonds is 9. The van der Waals surface area contributed by atoms with Gasteiger partial charge >= 0.3 is 0 Å². The smallest absolute Gasteiger partial charge is 0.251 e. The van der Waals surface area contributed by atoms with Crippen LogP contribution >= 0.6 is 0 Å². The van der Waals surface area contributed by atoms with Crippen LogP contribution in [-0.2, 0) is 29.3 Å². The largest absolute Gasteiger partial charge is 0.382 e. The van der Waals surface area contributed by atoms with Gasteiger partial charge in [0.15, 0.2) is 0 Å². The molecule has 1 aliphatic carbocycles. The molecule has 1 atom stereocenters. The lowest BCUT2D eigenvalue weighted by Gasteiger charge is -2.19. The Kier molecular flexibility index (Phi) is 7.52. The van der Waals surface area contributed by atoms with Crippen molar-refractivity contribution < 1.29 is 13.2 Å². The first kappa shape index (κ1) is 24.9. The first-order chi connectivity index (χ1) is 16.7. The highest BCUT2D eigenvalue weighted by atomic mass is 32.2.